The van der Waals surface area contributed by atoms with E-state index in [9.17, 15) is 4.79 Å². The zero-order valence-electron chi connectivity index (χ0n) is 10.5. The van der Waals surface area contributed by atoms with Crippen molar-refractivity contribution < 1.29 is 0 Å². The average Bonchev–Trinajstić information content (AvgIpc) is 2.83. The zero-order chi connectivity index (χ0) is 14.1. The van der Waals surface area contributed by atoms with Crippen molar-refractivity contribution >= 4 is 45.0 Å². The van der Waals surface area contributed by atoms with Gasteiger partial charge in [0.15, 0.2) is 14.7 Å². The van der Waals surface area contributed by atoms with Crippen molar-refractivity contribution in [1.82, 2.24) is 15.0 Å². The molecule has 0 aliphatic rings. The van der Waals surface area contributed by atoms with Gasteiger partial charge >= 0.3 is 0 Å². The lowest BCUT2D eigenvalue weighted by molar-refractivity contribution is 1.16. The van der Waals surface area contributed by atoms with E-state index in [1.807, 2.05) is 25.1 Å². The quantitative estimate of drug-likeness (QED) is 0.745. The van der Waals surface area contributed by atoms with Crippen LogP contribution in [0.25, 0.3) is 21.7 Å². The molecule has 0 radical (unpaired) electrons. The molecule has 0 aliphatic heterocycles. The number of thioether (sulfide) groups is 1. The van der Waals surface area contributed by atoms with Crippen LogP contribution in [-0.4, -0.2) is 20.7 Å². The van der Waals surface area contributed by atoms with Crippen LogP contribution in [0.2, 0.25) is 5.02 Å². The predicted molar refractivity (Wildman–Crippen MR) is 84.9 cm³/mol. The summed E-state index contributed by atoms with van der Waals surface area (Å²) in [6.07, 6.45) is 0. The minimum absolute atomic E-state index is 0.232. The first-order chi connectivity index (χ1) is 9.69. The fourth-order valence-corrected chi connectivity index (χ4v) is 3.91. The largest absolute Gasteiger partial charge is 0.305 e. The van der Waals surface area contributed by atoms with Crippen molar-refractivity contribution in [3.8, 4) is 11.4 Å². The molecular weight excluding hydrogens is 314 g/mol. The normalized spacial score (nSPS) is 11.1. The number of nitrogens with one attached hydrogen (secondary N) is 1. The summed E-state index contributed by atoms with van der Waals surface area (Å²) in [5, 5.41) is 0.558. The molecule has 0 spiro atoms. The van der Waals surface area contributed by atoms with Crippen LogP contribution in [0.3, 0.4) is 0 Å². The number of aromatic nitrogens is 3. The van der Waals surface area contributed by atoms with Gasteiger partial charge < -0.3 is 4.98 Å². The number of aromatic amines is 1. The number of hydrogen-bond donors (Lipinski definition) is 1. The third kappa shape index (κ3) is 2.46. The Morgan fingerprint density at radius 1 is 1.35 bits per heavy atom. The van der Waals surface area contributed by atoms with Gasteiger partial charge in [0, 0.05) is 5.56 Å². The highest BCUT2D eigenvalue weighted by molar-refractivity contribution is 8.01. The van der Waals surface area contributed by atoms with Crippen LogP contribution in [0.5, 0.6) is 0 Å². The van der Waals surface area contributed by atoms with E-state index >= 15 is 0 Å². The predicted octanol–water partition coefficient (Wildman–Crippen LogP) is 3.81. The molecule has 2 aromatic heterocycles. The minimum atomic E-state index is -0.232. The molecule has 1 N–H and O–H groups in total. The maximum absolute atomic E-state index is 12.1. The average molecular weight is 324 g/mol. The van der Waals surface area contributed by atoms with E-state index in [1.54, 1.807) is 17.8 Å². The highest BCUT2D eigenvalue weighted by Crippen LogP contribution is 2.29. The van der Waals surface area contributed by atoms with E-state index < -0.39 is 0 Å². The molecule has 3 aromatic rings. The molecule has 0 amide bonds. The third-order valence-electron chi connectivity index (χ3n) is 2.65. The molecule has 1 aromatic carbocycles. The number of thiazole rings is 1. The molecule has 0 unspecified atom stereocenters. The van der Waals surface area contributed by atoms with Crippen molar-refractivity contribution in [2.45, 2.75) is 11.3 Å². The van der Waals surface area contributed by atoms with Crippen LogP contribution < -0.4 is 5.56 Å². The van der Waals surface area contributed by atoms with E-state index in [1.165, 1.54) is 11.3 Å². The van der Waals surface area contributed by atoms with Crippen molar-refractivity contribution in [1.29, 1.82) is 0 Å². The topological polar surface area (TPSA) is 58.6 Å². The fraction of sp³-hybridized carbons (Fsp3) is 0.154. The molecular formula is C13H10ClN3OS2. The second-order valence-electron chi connectivity index (χ2n) is 3.96. The smallest absolute Gasteiger partial charge is 0.278 e. The van der Waals surface area contributed by atoms with Gasteiger partial charge in [-0.2, -0.15) is 0 Å². The molecule has 0 bridgehead atoms. The molecule has 7 heteroatoms. The van der Waals surface area contributed by atoms with Crippen LogP contribution in [0.1, 0.15) is 6.92 Å². The van der Waals surface area contributed by atoms with Gasteiger partial charge in [-0.05, 0) is 17.9 Å². The lowest BCUT2D eigenvalue weighted by atomic mass is 10.2. The van der Waals surface area contributed by atoms with E-state index in [0.29, 0.717) is 26.8 Å². The number of rotatable bonds is 3. The second-order valence-corrected chi connectivity index (χ2v) is 6.86. The number of H-pyrrole nitrogens is 1. The first kappa shape index (κ1) is 13.6. The first-order valence-electron chi connectivity index (χ1n) is 5.97. The Kier molecular flexibility index (Phi) is 3.78. The SMILES string of the molecule is CCSc1nc2c(=O)[nH]c(-c3ccccc3Cl)nc2s1. The van der Waals surface area contributed by atoms with Crippen molar-refractivity contribution in [2.24, 2.45) is 0 Å². The van der Waals surface area contributed by atoms with Gasteiger partial charge in [-0.15, -0.1) is 0 Å². The van der Waals surface area contributed by atoms with E-state index in [-0.39, 0.29) is 5.56 Å². The summed E-state index contributed by atoms with van der Waals surface area (Å²) in [6, 6.07) is 7.29. The molecule has 4 nitrogen and oxygen atoms in total. The first-order valence-corrected chi connectivity index (χ1v) is 8.15. The summed E-state index contributed by atoms with van der Waals surface area (Å²) >= 11 is 9.17. The van der Waals surface area contributed by atoms with Crippen LogP contribution >= 0.6 is 34.7 Å². The van der Waals surface area contributed by atoms with Crippen molar-refractivity contribution in [3.63, 3.8) is 0 Å². The standard InChI is InChI=1S/C13H10ClN3OS2/c1-2-19-13-15-9-11(18)16-10(17-12(9)20-13)7-5-3-4-6-8(7)14/h3-6H,2H2,1H3,(H,16,17,18). The Labute approximate surface area is 128 Å². The lowest BCUT2D eigenvalue weighted by Gasteiger charge is -2.02. The number of benzene rings is 1. The van der Waals surface area contributed by atoms with Gasteiger partial charge in [-0.1, -0.05) is 53.8 Å². The summed E-state index contributed by atoms with van der Waals surface area (Å²) in [5.74, 6) is 1.39. The van der Waals surface area contributed by atoms with Gasteiger partial charge in [0.05, 0.1) is 5.02 Å². The Hall–Kier alpha value is -1.37. The van der Waals surface area contributed by atoms with Crippen molar-refractivity contribution in [2.75, 3.05) is 5.75 Å². The van der Waals surface area contributed by atoms with Crippen LogP contribution in [0.15, 0.2) is 33.4 Å². The molecule has 0 saturated heterocycles. The molecule has 0 aliphatic carbocycles. The maximum atomic E-state index is 12.1. The minimum Gasteiger partial charge on any atom is -0.305 e. The summed E-state index contributed by atoms with van der Waals surface area (Å²) in [4.78, 5) is 24.3. The van der Waals surface area contributed by atoms with Crippen molar-refractivity contribution in [3.05, 3.63) is 39.6 Å². The molecule has 0 fully saturated rings. The number of nitrogens with zero attached hydrogens (tertiary/aromatic N) is 2. The monoisotopic (exact) mass is 323 g/mol. The third-order valence-corrected chi connectivity index (χ3v) is 4.95. The Morgan fingerprint density at radius 2 is 2.15 bits per heavy atom. The molecule has 3 rings (SSSR count). The number of fused-ring (bicyclic) bond motifs is 1. The van der Waals surface area contributed by atoms with Gasteiger partial charge in [0.1, 0.15) is 5.82 Å². The van der Waals surface area contributed by atoms with E-state index in [4.69, 9.17) is 11.6 Å². The molecule has 0 atom stereocenters. The zero-order valence-corrected chi connectivity index (χ0v) is 12.9. The van der Waals surface area contributed by atoms with Gasteiger partial charge in [-0.3, -0.25) is 4.79 Å². The molecule has 2 heterocycles. The maximum Gasteiger partial charge on any atom is 0.278 e. The molecule has 0 saturated carbocycles. The highest BCUT2D eigenvalue weighted by atomic mass is 35.5. The Morgan fingerprint density at radius 3 is 2.90 bits per heavy atom. The van der Waals surface area contributed by atoms with Gasteiger partial charge in [-0.25, -0.2) is 9.97 Å². The summed E-state index contributed by atoms with van der Waals surface area (Å²) in [6.45, 7) is 2.05. The van der Waals surface area contributed by atoms with Crippen LogP contribution in [0, 0.1) is 0 Å². The van der Waals surface area contributed by atoms with Crippen LogP contribution in [0.4, 0.5) is 0 Å². The van der Waals surface area contributed by atoms with E-state index in [0.717, 1.165) is 10.1 Å². The molecule has 20 heavy (non-hydrogen) atoms. The summed E-state index contributed by atoms with van der Waals surface area (Å²) < 4.78 is 0.858. The lowest BCUT2D eigenvalue weighted by Crippen LogP contribution is -2.09. The second kappa shape index (κ2) is 5.55. The number of halogens is 1. The van der Waals surface area contributed by atoms with Gasteiger partial charge in [0.2, 0.25) is 0 Å². The molecule has 102 valence electrons. The highest BCUT2D eigenvalue weighted by Gasteiger charge is 2.13. The fourth-order valence-electron chi connectivity index (χ4n) is 1.78. The Balaban J connectivity index is 2.19. The van der Waals surface area contributed by atoms with Gasteiger partial charge in [0.25, 0.3) is 5.56 Å². The Bertz CT molecular complexity index is 828. The summed E-state index contributed by atoms with van der Waals surface area (Å²) in [7, 11) is 0. The van der Waals surface area contributed by atoms with E-state index in [2.05, 4.69) is 15.0 Å². The van der Waals surface area contributed by atoms with Crippen LogP contribution in [-0.2, 0) is 0 Å². The summed E-state index contributed by atoms with van der Waals surface area (Å²) in [5.41, 5.74) is 0.872. The number of hydrogen-bond acceptors (Lipinski definition) is 5.